The van der Waals surface area contributed by atoms with Crippen molar-refractivity contribution < 1.29 is 9.47 Å². The van der Waals surface area contributed by atoms with Crippen molar-refractivity contribution in [1.29, 1.82) is 0 Å². The Morgan fingerprint density at radius 1 is 1.03 bits per heavy atom. The second-order valence-electron chi connectivity index (χ2n) is 13.6. The molecule has 8 unspecified atom stereocenters. The van der Waals surface area contributed by atoms with Crippen LogP contribution in [0, 0.1) is 40.9 Å². The standard InChI is InChI=1S/C32H54O2/c1-5-23-20-29-27(26-15-14-25(21-28(23)26)34-31-12-8-9-19-33-31)17-18-32(4)24(13-16-30(29)32)11-7-6-10-22(2)3/h22-25,27,29-31H,5-21H2,1-4H3. The molecule has 3 fully saturated rings. The number of ether oxygens (including phenoxy) is 2. The molecule has 2 heteroatoms. The smallest absolute Gasteiger partial charge is 0.157 e. The van der Waals surface area contributed by atoms with E-state index in [-0.39, 0.29) is 6.29 Å². The molecule has 0 amide bonds. The molecule has 0 bridgehead atoms. The van der Waals surface area contributed by atoms with E-state index < -0.39 is 0 Å². The highest BCUT2D eigenvalue weighted by molar-refractivity contribution is 5.29. The molecule has 2 saturated carbocycles. The molecule has 0 radical (unpaired) electrons. The van der Waals surface area contributed by atoms with Gasteiger partial charge in [0.15, 0.2) is 6.29 Å². The summed E-state index contributed by atoms with van der Waals surface area (Å²) in [5.41, 5.74) is 4.41. The molecule has 0 aromatic rings. The van der Waals surface area contributed by atoms with E-state index >= 15 is 0 Å². The van der Waals surface area contributed by atoms with E-state index in [1.807, 2.05) is 11.1 Å². The van der Waals surface area contributed by atoms with Gasteiger partial charge in [0.05, 0.1) is 6.10 Å². The zero-order valence-electron chi connectivity index (χ0n) is 23.0. The molecule has 0 aromatic heterocycles. The summed E-state index contributed by atoms with van der Waals surface area (Å²) in [4.78, 5) is 0. The Morgan fingerprint density at radius 3 is 2.68 bits per heavy atom. The third-order valence-corrected chi connectivity index (χ3v) is 11.3. The van der Waals surface area contributed by atoms with Gasteiger partial charge in [-0.15, -0.1) is 0 Å². The average Bonchev–Trinajstić information content (AvgIpc) is 3.18. The van der Waals surface area contributed by atoms with Gasteiger partial charge in [0, 0.05) is 6.61 Å². The summed E-state index contributed by atoms with van der Waals surface area (Å²) in [6, 6.07) is 0. The van der Waals surface area contributed by atoms with Crippen LogP contribution in [0.5, 0.6) is 0 Å². The first kappa shape index (κ1) is 25.3. The lowest BCUT2D eigenvalue weighted by atomic mass is 9.51. The minimum Gasteiger partial charge on any atom is -0.353 e. The molecule has 1 heterocycles. The normalized spacial score (nSPS) is 42.4. The summed E-state index contributed by atoms with van der Waals surface area (Å²) < 4.78 is 12.4. The molecule has 0 N–H and O–H groups in total. The second kappa shape index (κ2) is 11.0. The lowest BCUT2D eigenvalue weighted by Gasteiger charge is -2.54. The van der Waals surface area contributed by atoms with Crippen molar-refractivity contribution in [3.63, 3.8) is 0 Å². The number of allylic oxidation sites excluding steroid dienone is 1. The highest BCUT2D eigenvalue weighted by Gasteiger charge is 2.55. The van der Waals surface area contributed by atoms with Gasteiger partial charge in [-0.25, -0.2) is 0 Å². The Morgan fingerprint density at radius 2 is 1.91 bits per heavy atom. The zero-order valence-corrected chi connectivity index (χ0v) is 23.0. The number of hydrogen-bond acceptors (Lipinski definition) is 2. The van der Waals surface area contributed by atoms with E-state index in [9.17, 15) is 0 Å². The zero-order chi connectivity index (χ0) is 23.7. The predicted molar refractivity (Wildman–Crippen MR) is 142 cm³/mol. The van der Waals surface area contributed by atoms with Gasteiger partial charge in [-0.05, 0) is 124 Å². The third-order valence-electron chi connectivity index (χ3n) is 11.3. The Kier molecular flexibility index (Phi) is 8.16. The van der Waals surface area contributed by atoms with Crippen molar-refractivity contribution in [3.8, 4) is 0 Å². The van der Waals surface area contributed by atoms with Crippen LogP contribution in [-0.2, 0) is 9.47 Å². The molecule has 0 spiro atoms. The second-order valence-corrected chi connectivity index (χ2v) is 13.6. The highest BCUT2D eigenvalue weighted by Crippen LogP contribution is 2.64. The molecule has 1 aliphatic heterocycles. The summed E-state index contributed by atoms with van der Waals surface area (Å²) >= 11 is 0. The van der Waals surface area contributed by atoms with Gasteiger partial charge in [0.1, 0.15) is 0 Å². The van der Waals surface area contributed by atoms with Gasteiger partial charge in [0.2, 0.25) is 0 Å². The van der Waals surface area contributed by atoms with E-state index in [0.717, 1.165) is 48.5 Å². The quantitative estimate of drug-likeness (QED) is 0.260. The van der Waals surface area contributed by atoms with Crippen LogP contribution in [0.4, 0.5) is 0 Å². The van der Waals surface area contributed by atoms with Gasteiger partial charge >= 0.3 is 0 Å². The van der Waals surface area contributed by atoms with Crippen LogP contribution < -0.4 is 0 Å². The molecular weight excluding hydrogens is 416 g/mol. The Hall–Kier alpha value is -0.340. The lowest BCUT2D eigenvalue weighted by Crippen LogP contribution is -2.46. The summed E-state index contributed by atoms with van der Waals surface area (Å²) in [7, 11) is 0. The summed E-state index contributed by atoms with van der Waals surface area (Å²) in [6.45, 7) is 10.8. The van der Waals surface area contributed by atoms with Crippen LogP contribution in [0.15, 0.2) is 11.1 Å². The Bertz CT molecular complexity index is 704. The first-order chi connectivity index (χ1) is 16.5. The third kappa shape index (κ3) is 5.06. The number of unbranched alkanes of at least 4 members (excludes halogenated alkanes) is 1. The van der Waals surface area contributed by atoms with Crippen molar-refractivity contribution >= 4 is 0 Å². The number of hydrogen-bond donors (Lipinski definition) is 0. The fourth-order valence-electron chi connectivity index (χ4n) is 9.42. The molecule has 0 aromatic carbocycles. The molecule has 4 aliphatic carbocycles. The maximum Gasteiger partial charge on any atom is 0.157 e. The molecule has 2 nitrogen and oxygen atoms in total. The maximum absolute atomic E-state index is 6.51. The van der Waals surface area contributed by atoms with Crippen LogP contribution in [0.3, 0.4) is 0 Å². The Labute approximate surface area is 211 Å². The molecule has 34 heavy (non-hydrogen) atoms. The fraction of sp³-hybridized carbons (Fsp3) is 0.938. The van der Waals surface area contributed by atoms with Crippen molar-refractivity contribution in [1.82, 2.24) is 0 Å². The topological polar surface area (TPSA) is 18.5 Å². The minimum absolute atomic E-state index is 0.0728. The number of rotatable bonds is 8. The fourth-order valence-corrected chi connectivity index (χ4v) is 9.42. The van der Waals surface area contributed by atoms with E-state index in [0.29, 0.717) is 11.5 Å². The van der Waals surface area contributed by atoms with Crippen LogP contribution in [0.1, 0.15) is 130 Å². The summed E-state index contributed by atoms with van der Waals surface area (Å²) in [5, 5.41) is 0. The van der Waals surface area contributed by atoms with Crippen molar-refractivity contribution in [2.45, 2.75) is 143 Å². The van der Waals surface area contributed by atoms with Gasteiger partial charge < -0.3 is 9.47 Å². The van der Waals surface area contributed by atoms with Gasteiger partial charge in [0.25, 0.3) is 0 Å². The first-order valence-corrected chi connectivity index (χ1v) is 15.5. The average molecular weight is 471 g/mol. The van der Waals surface area contributed by atoms with E-state index in [4.69, 9.17) is 9.47 Å². The molecule has 5 rings (SSSR count). The SMILES string of the molecule is CCC1CC2C(CCC3(C)C(CCCCC(C)C)CCC23)C2=C1CC(OC1CCCCO1)CC2. The van der Waals surface area contributed by atoms with Crippen molar-refractivity contribution in [2.75, 3.05) is 6.61 Å². The predicted octanol–water partition coefficient (Wildman–Crippen LogP) is 9.08. The Balaban J connectivity index is 1.25. The van der Waals surface area contributed by atoms with Crippen molar-refractivity contribution in [2.24, 2.45) is 40.9 Å². The highest BCUT2D eigenvalue weighted by atomic mass is 16.7. The summed E-state index contributed by atoms with van der Waals surface area (Å²) in [6.07, 6.45) is 22.5. The van der Waals surface area contributed by atoms with Crippen LogP contribution >= 0.6 is 0 Å². The molecule has 5 aliphatic rings. The van der Waals surface area contributed by atoms with Crippen molar-refractivity contribution in [3.05, 3.63) is 11.1 Å². The van der Waals surface area contributed by atoms with Crippen LogP contribution in [0.2, 0.25) is 0 Å². The monoisotopic (exact) mass is 470 g/mol. The lowest BCUT2D eigenvalue weighted by molar-refractivity contribution is -0.190. The molecule has 194 valence electrons. The van der Waals surface area contributed by atoms with E-state index in [1.54, 1.807) is 0 Å². The summed E-state index contributed by atoms with van der Waals surface area (Å²) in [5.74, 6) is 5.57. The largest absolute Gasteiger partial charge is 0.353 e. The van der Waals surface area contributed by atoms with E-state index in [1.165, 1.54) is 96.3 Å². The molecular formula is C32H54O2. The van der Waals surface area contributed by atoms with Gasteiger partial charge in [-0.2, -0.15) is 0 Å². The number of fused-ring (bicyclic) bond motifs is 4. The minimum atomic E-state index is 0.0728. The van der Waals surface area contributed by atoms with Gasteiger partial charge in [-0.1, -0.05) is 58.1 Å². The molecule has 1 saturated heterocycles. The van der Waals surface area contributed by atoms with Gasteiger partial charge in [-0.3, -0.25) is 0 Å². The maximum atomic E-state index is 6.51. The van der Waals surface area contributed by atoms with Crippen LogP contribution in [-0.4, -0.2) is 19.0 Å². The first-order valence-electron chi connectivity index (χ1n) is 15.5. The van der Waals surface area contributed by atoms with E-state index in [2.05, 4.69) is 27.7 Å². The molecule has 8 atom stereocenters. The van der Waals surface area contributed by atoms with Crippen LogP contribution in [0.25, 0.3) is 0 Å².